The molecule has 0 fully saturated rings. The third-order valence-electron chi connectivity index (χ3n) is 3.86. The molecule has 1 aromatic carbocycles. The smallest absolute Gasteiger partial charge is 0.310 e. The number of carboxylic acid groups (broad SMARTS) is 1. The van der Waals surface area contributed by atoms with E-state index < -0.39 is 11.9 Å². The van der Waals surface area contributed by atoms with Gasteiger partial charge in [0.15, 0.2) is 0 Å². The van der Waals surface area contributed by atoms with E-state index in [0.717, 1.165) is 42.4 Å². The van der Waals surface area contributed by atoms with E-state index >= 15 is 0 Å². The molecule has 2 N–H and O–H groups in total. The molecule has 18 heavy (non-hydrogen) atoms. The second kappa shape index (κ2) is 4.81. The van der Waals surface area contributed by atoms with Crippen LogP contribution in [0, 0.1) is 6.92 Å². The van der Waals surface area contributed by atoms with Crippen LogP contribution in [0.25, 0.3) is 0 Å². The van der Waals surface area contributed by atoms with Crippen LogP contribution in [0.3, 0.4) is 0 Å². The van der Waals surface area contributed by atoms with Gasteiger partial charge in [-0.25, -0.2) is 0 Å². The second-order valence-corrected chi connectivity index (χ2v) is 5.30. The fraction of sp³-hybridized carbons (Fsp3) is 0.500. The Labute approximate surface area is 111 Å². The van der Waals surface area contributed by atoms with Gasteiger partial charge in [0.2, 0.25) is 0 Å². The Hall–Kier alpha value is -1.22. The third kappa shape index (κ3) is 1.97. The standard InChI is InChI=1S/C14H17ClO3/c1-7-9-5-3-4-6-10(9)12(15)13(16)11(7)8(2)14(17)18/h8,16H,3-6H2,1-2H3,(H,17,18). The normalized spacial score (nSPS) is 16.2. The van der Waals surface area contributed by atoms with Crippen LogP contribution in [-0.2, 0) is 17.6 Å². The van der Waals surface area contributed by atoms with E-state index in [9.17, 15) is 9.90 Å². The van der Waals surface area contributed by atoms with Gasteiger partial charge in [-0.1, -0.05) is 11.6 Å². The van der Waals surface area contributed by atoms with Crippen molar-refractivity contribution in [2.24, 2.45) is 0 Å². The summed E-state index contributed by atoms with van der Waals surface area (Å²) in [4.78, 5) is 11.1. The maximum absolute atomic E-state index is 11.1. The molecule has 0 aromatic heterocycles. The molecule has 0 bridgehead atoms. The lowest BCUT2D eigenvalue weighted by Crippen LogP contribution is -2.14. The highest BCUT2D eigenvalue weighted by molar-refractivity contribution is 6.33. The van der Waals surface area contributed by atoms with Crippen LogP contribution < -0.4 is 0 Å². The van der Waals surface area contributed by atoms with Gasteiger partial charge < -0.3 is 10.2 Å². The molecular weight excluding hydrogens is 252 g/mol. The van der Waals surface area contributed by atoms with Crippen molar-refractivity contribution in [1.82, 2.24) is 0 Å². The van der Waals surface area contributed by atoms with E-state index in [1.807, 2.05) is 6.92 Å². The van der Waals surface area contributed by atoms with Crippen molar-refractivity contribution >= 4 is 17.6 Å². The van der Waals surface area contributed by atoms with E-state index in [2.05, 4.69) is 0 Å². The van der Waals surface area contributed by atoms with E-state index in [-0.39, 0.29) is 5.75 Å². The quantitative estimate of drug-likeness (QED) is 0.864. The molecule has 0 spiro atoms. The van der Waals surface area contributed by atoms with E-state index in [0.29, 0.717) is 10.6 Å². The topological polar surface area (TPSA) is 57.5 Å². The van der Waals surface area contributed by atoms with Crippen molar-refractivity contribution < 1.29 is 15.0 Å². The van der Waals surface area contributed by atoms with Crippen molar-refractivity contribution in [3.8, 4) is 5.75 Å². The molecule has 1 aromatic rings. The van der Waals surface area contributed by atoms with Crippen LogP contribution in [-0.4, -0.2) is 16.2 Å². The van der Waals surface area contributed by atoms with Gasteiger partial charge >= 0.3 is 5.97 Å². The number of benzene rings is 1. The predicted octanol–water partition coefficient (Wildman–Crippen LogP) is 3.42. The summed E-state index contributed by atoms with van der Waals surface area (Å²) < 4.78 is 0. The molecule has 1 aliphatic carbocycles. The first-order valence-corrected chi connectivity index (χ1v) is 6.58. The first kappa shape index (κ1) is 13.2. The average Bonchev–Trinajstić information content (AvgIpc) is 2.36. The van der Waals surface area contributed by atoms with E-state index in [1.165, 1.54) is 0 Å². The summed E-state index contributed by atoms with van der Waals surface area (Å²) in [7, 11) is 0. The summed E-state index contributed by atoms with van der Waals surface area (Å²) in [6, 6.07) is 0. The van der Waals surface area contributed by atoms with Gasteiger partial charge in [-0.3, -0.25) is 4.79 Å². The van der Waals surface area contributed by atoms with E-state index in [4.69, 9.17) is 16.7 Å². The molecule has 0 saturated heterocycles. The SMILES string of the molecule is Cc1c2c(c(Cl)c(O)c1C(C)C(=O)O)CCCC2. The Morgan fingerprint density at radius 3 is 2.39 bits per heavy atom. The van der Waals surface area contributed by atoms with Gasteiger partial charge in [0.25, 0.3) is 0 Å². The van der Waals surface area contributed by atoms with Gasteiger partial charge in [0.1, 0.15) is 5.75 Å². The number of aromatic hydroxyl groups is 1. The lowest BCUT2D eigenvalue weighted by molar-refractivity contribution is -0.138. The minimum Gasteiger partial charge on any atom is -0.506 e. The lowest BCUT2D eigenvalue weighted by Gasteiger charge is -2.24. The fourth-order valence-corrected chi connectivity index (χ4v) is 3.13. The summed E-state index contributed by atoms with van der Waals surface area (Å²) in [6.45, 7) is 3.46. The molecule has 2 rings (SSSR count). The van der Waals surface area contributed by atoms with Gasteiger partial charge in [-0.15, -0.1) is 0 Å². The Bertz CT molecular complexity index is 508. The monoisotopic (exact) mass is 268 g/mol. The van der Waals surface area contributed by atoms with Crippen molar-refractivity contribution in [1.29, 1.82) is 0 Å². The summed E-state index contributed by atoms with van der Waals surface area (Å²) in [5.74, 6) is -1.74. The fourth-order valence-electron chi connectivity index (χ4n) is 2.82. The number of hydrogen-bond acceptors (Lipinski definition) is 2. The number of fused-ring (bicyclic) bond motifs is 1. The summed E-state index contributed by atoms with van der Waals surface area (Å²) >= 11 is 6.19. The summed E-state index contributed by atoms with van der Waals surface area (Å²) in [6.07, 6.45) is 3.94. The van der Waals surface area contributed by atoms with E-state index in [1.54, 1.807) is 6.92 Å². The zero-order valence-electron chi connectivity index (χ0n) is 10.6. The number of carboxylic acids is 1. The van der Waals surface area contributed by atoms with Crippen LogP contribution >= 0.6 is 11.6 Å². The van der Waals surface area contributed by atoms with Crippen LogP contribution in [0.1, 0.15) is 47.9 Å². The van der Waals surface area contributed by atoms with Crippen LogP contribution in [0.4, 0.5) is 0 Å². The third-order valence-corrected chi connectivity index (χ3v) is 4.26. The molecule has 1 atom stereocenters. The highest BCUT2D eigenvalue weighted by atomic mass is 35.5. The van der Waals surface area contributed by atoms with Gasteiger partial charge in [0.05, 0.1) is 10.9 Å². The molecule has 3 nitrogen and oxygen atoms in total. The minimum absolute atomic E-state index is 0.0512. The number of hydrogen-bond donors (Lipinski definition) is 2. The predicted molar refractivity (Wildman–Crippen MR) is 70.5 cm³/mol. The molecule has 0 aliphatic heterocycles. The molecule has 0 radical (unpaired) electrons. The maximum Gasteiger partial charge on any atom is 0.310 e. The highest BCUT2D eigenvalue weighted by Gasteiger charge is 2.27. The molecule has 1 aliphatic rings. The zero-order valence-corrected chi connectivity index (χ0v) is 11.3. The number of rotatable bonds is 2. The maximum atomic E-state index is 11.1. The van der Waals surface area contributed by atoms with Gasteiger partial charge in [0, 0.05) is 5.56 Å². The van der Waals surface area contributed by atoms with Crippen molar-refractivity contribution in [2.45, 2.75) is 45.4 Å². The average molecular weight is 269 g/mol. The molecule has 4 heteroatoms. The summed E-state index contributed by atoms with van der Waals surface area (Å²) in [5, 5.41) is 19.6. The Kier molecular flexibility index (Phi) is 3.53. The molecule has 98 valence electrons. The molecular formula is C14H17ClO3. The zero-order chi connectivity index (χ0) is 13.4. The first-order valence-electron chi connectivity index (χ1n) is 6.20. The Balaban J connectivity index is 2.68. The second-order valence-electron chi connectivity index (χ2n) is 4.93. The molecule has 0 heterocycles. The minimum atomic E-state index is -0.944. The van der Waals surface area contributed by atoms with Gasteiger partial charge in [-0.2, -0.15) is 0 Å². The van der Waals surface area contributed by atoms with Crippen LogP contribution in [0.5, 0.6) is 5.75 Å². The number of aliphatic carboxylic acids is 1. The molecule has 1 unspecified atom stereocenters. The van der Waals surface area contributed by atoms with Crippen molar-refractivity contribution in [2.75, 3.05) is 0 Å². The largest absolute Gasteiger partial charge is 0.506 e. The number of phenols is 1. The number of phenolic OH excluding ortho intramolecular Hbond substituents is 1. The summed E-state index contributed by atoms with van der Waals surface area (Å²) in [5.41, 5.74) is 3.49. The van der Waals surface area contributed by atoms with Crippen LogP contribution in [0.15, 0.2) is 0 Å². The molecule has 0 saturated carbocycles. The number of halogens is 1. The number of carbonyl (C=O) groups is 1. The lowest BCUT2D eigenvalue weighted by atomic mass is 9.83. The van der Waals surface area contributed by atoms with Crippen molar-refractivity contribution in [3.05, 3.63) is 27.3 Å². The molecule has 0 amide bonds. The highest BCUT2D eigenvalue weighted by Crippen LogP contribution is 2.43. The first-order chi connectivity index (χ1) is 8.45. The Morgan fingerprint density at radius 2 is 1.83 bits per heavy atom. The van der Waals surface area contributed by atoms with Crippen molar-refractivity contribution in [3.63, 3.8) is 0 Å². The van der Waals surface area contributed by atoms with Crippen LogP contribution in [0.2, 0.25) is 5.02 Å². The Morgan fingerprint density at radius 1 is 1.28 bits per heavy atom. The van der Waals surface area contributed by atoms with Gasteiger partial charge in [-0.05, 0) is 56.2 Å².